The number of aromatic nitrogens is 6. The second kappa shape index (κ2) is 18.6. The van der Waals surface area contributed by atoms with Crippen LogP contribution in [0.2, 0.25) is 0 Å². The van der Waals surface area contributed by atoms with Crippen molar-refractivity contribution < 1.29 is 38.0 Å². The van der Waals surface area contributed by atoms with Crippen molar-refractivity contribution in [2.75, 3.05) is 49.2 Å². The van der Waals surface area contributed by atoms with Crippen LogP contribution in [0.15, 0.2) is 61.2 Å². The Bertz CT molecular complexity index is 2970. The molecule has 0 radical (unpaired) electrons. The van der Waals surface area contributed by atoms with E-state index in [9.17, 15) is 29.9 Å². The van der Waals surface area contributed by atoms with Gasteiger partial charge in [0.05, 0.1) is 57.8 Å². The summed E-state index contributed by atoms with van der Waals surface area (Å²) in [7, 11) is 0. The predicted octanol–water partition coefficient (Wildman–Crippen LogP) is 6.50. The molecule has 12 heterocycles. The number of halogens is 2. The zero-order chi connectivity index (χ0) is 49.2. The average molecular weight is 961 g/mol. The van der Waals surface area contributed by atoms with Crippen molar-refractivity contribution in [1.29, 1.82) is 10.5 Å². The van der Waals surface area contributed by atoms with Gasteiger partial charge in [-0.05, 0) is 97.7 Å². The van der Waals surface area contributed by atoms with Gasteiger partial charge in [0.2, 0.25) is 0 Å². The molecule has 0 saturated carbocycles. The van der Waals surface area contributed by atoms with Crippen molar-refractivity contribution in [3.63, 3.8) is 0 Å². The number of nitriles is 2. The first-order valence-corrected chi connectivity index (χ1v) is 22.8. The van der Waals surface area contributed by atoms with E-state index in [1.54, 1.807) is 40.1 Å². The molecule has 4 bridgehead atoms. The van der Waals surface area contributed by atoms with E-state index in [1.165, 1.54) is 30.9 Å². The molecule has 4 unspecified atom stereocenters. The lowest BCUT2D eigenvalue weighted by molar-refractivity contribution is -0.0380. The normalized spacial score (nSPS) is 19.5. The maximum absolute atomic E-state index is 15.1. The quantitative estimate of drug-likeness (QED) is 0.125. The van der Waals surface area contributed by atoms with E-state index in [2.05, 4.69) is 47.4 Å². The van der Waals surface area contributed by atoms with Gasteiger partial charge in [-0.1, -0.05) is 7.43 Å². The van der Waals surface area contributed by atoms with Crippen molar-refractivity contribution >= 4 is 28.8 Å². The molecule has 0 aliphatic carbocycles. The minimum absolute atomic E-state index is 0. The first-order chi connectivity index (χ1) is 32.7. The Morgan fingerprint density at radius 2 is 1.14 bits per heavy atom. The SMILES string of the molecule is C.CC(C)(O)COc1cc(-c2ccc(N3CC4CC(C3)N4)nc2)c2c(C#N)cnn2c1F.CC(C)(O)COc1cc(-c2ccc(N3CC4CC(C3)N4C(=O)OC(C)(C)C)nc2)c2c(C#N)cnn2c1F. The molecule has 6 aromatic heterocycles. The Morgan fingerprint density at radius 3 is 1.51 bits per heavy atom. The van der Waals surface area contributed by atoms with Crippen molar-refractivity contribution in [1.82, 2.24) is 39.4 Å². The number of piperidine rings is 2. The average Bonchev–Trinajstić information content (AvgIpc) is 3.93. The van der Waals surface area contributed by atoms with Gasteiger partial charge in [0, 0.05) is 72.9 Å². The van der Waals surface area contributed by atoms with Crippen LogP contribution < -0.4 is 24.6 Å². The van der Waals surface area contributed by atoms with Gasteiger partial charge in [-0.2, -0.15) is 29.5 Å². The van der Waals surface area contributed by atoms with Crippen molar-refractivity contribution in [3.8, 4) is 45.9 Å². The second-order valence-electron chi connectivity index (χ2n) is 20.3. The van der Waals surface area contributed by atoms with Crippen LogP contribution in [-0.4, -0.2) is 131 Å². The van der Waals surface area contributed by atoms with Crippen molar-refractivity contribution in [2.45, 2.75) is 110 Å². The Morgan fingerprint density at radius 1 is 0.714 bits per heavy atom. The standard InChI is InChI=1S/C27H31FN6O4.C22H23FN6O2.CH4/c1-26(2,3)38-25(35)33-18-8-19(33)14-32(13-18)22-7-6-16(11-30-22)20-9-21(37-15-27(4,5)36)24(28)34-23(20)17(10-29)12-31-34;1-22(2,30)12-31-18-6-17(20-14(7-24)9-26-29(20)21(18)23)13-3-4-19(25-8-13)28-10-15-5-16(11-28)27-15;/h6-7,9,11-12,18-19,36H,8,13-15H2,1-5H3;3-4,6,8-9,15-16,27,30H,5,10-12H2,1-2H3;1H4. The predicted molar refractivity (Wildman–Crippen MR) is 257 cm³/mol. The van der Waals surface area contributed by atoms with Gasteiger partial charge in [0.25, 0.3) is 11.9 Å². The summed E-state index contributed by atoms with van der Waals surface area (Å²) in [5.74, 6) is 0.0203. The van der Waals surface area contributed by atoms with Crippen LogP contribution in [-0.2, 0) is 4.74 Å². The smallest absolute Gasteiger partial charge is 0.410 e. The number of carbonyl (C=O) groups is 1. The third-order valence-corrected chi connectivity index (χ3v) is 12.3. The van der Waals surface area contributed by atoms with Gasteiger partial charge in [0.15, 0.2) is 11.5 Å². The molecule has 20 heteroatoms. The highest BCUT2D eigenvalue weighted by Gasteiger charge is 2.49. The highest BCUT2D eigenvalue weighted by Crippen LogP contribution is 2.38. The molecule has 6 aliphatic heterocycles. The summed E-state index contributed by atoms with van der Waals surface area (Å²) < 4.78 is 48.9. The molecule has 368 valence electrons. The zero-order valence-electron chi connectivity index (χ0n) is 39.4. The maximum atomic E-state index is 15.1. The summed E-state index contributed by atoms with van der Waals surface area (Å²) in [5.41, 5.74) is 0.800. The lowest BCUT2D eigenvalue weighted by Crippen LogP contribution is -2.70. The monoisotopic (exact) mass is 960 g/mol. The molecule has 3 N–H and O–H groups in total. The van der Waals surface area contributed by atoms with E-state index in [-0.39, 0.29) is 61.4 Å². The van der Waals surface area contributed by atoms with Gasteiger partial charge in [-0.3, -0.25) is 4.90 Å². The van der Waals surface area contributed by atoms with Crippen molar-refractivity contribution in [3.05, 3.63) is 84.2 Å². The molecular weight excluding hydrogens is 903 g/mol. The molecule has 1 amide bonds. The van der Waals surface area contributed by atoms with Gasteiger partial charge < -0.3 is 39.5 Å². The summed E-state index contributed by atoms with van der Waals surface area (Å²) in [6, 6.07) is 16.0. The number of hydrogen-bond acceptors (Lipinski definition) is 15. The molecule has 0 aromatic carbocycles. The largest absolute Gasteiger partial charge is 0.486 e. The van der Waals surface area contributed by atoms with E-state index in [1.807, 2.05) is 49.9 Å². The van der Waals surface area contributed by atoms with Gasteiger partial charge >= 0.3 is 6.09 Å². The van der Waals surface area contributed by atoms with Crippen LogP contribution in [0, 0.1) is 34.6 Å². The fraction of sp³-hybridized carbons (Fsp3) is 0.460. The number of amides is 1. The Labute approximate surface area is 404 Å². The highest BCUT2D eigenvalue weighted by molar-refractivity contribution is 5.86. The molecule has 18 nitrogen and oxygen atoms in total. The number of aliphatic hydroxyl groups is 2. The summed E-state index contributed by atoms with van der Waals surface area (Å²) in [6.07, 6.45) is 7.91. The minimum atomic E-state index is -1.17. The third-order valence-electron chi connectivity index (χ3n) is 12.3. The Kier molecular flexibility index (Phi) is 13.1. The summed E-state index contributed by atoms with van der Waals surface area (Å²) in [6.45, 7) is 14.8. The van der Waals surface area contributed by atoms with E-state index < -0.39 is 28.7 Å². The van der Waals surface area contributed by atoms with Crippen LogP contribution in [0.1, 0.15) is 79.9 Å². The van der Waals surface area contributed by atoms with Crippen LogP contribution >= 0.6 is 0 Å². The fourth-order valence-corrected chi connectivity index (χ4v) is 9.13. The molecule has 6 aliphatic rings. The van der Waals surface area contributed by atoms with Crippen LogP contribution in [0.5, 0.6) is 11.5 Å². The molecule has 4 atom stereocenters. The molecule has 6 aromatic rings. The van der Waals surface area contributed by atoms with Gasteiger partial charge in [-0.15, -0.1) is 0 Å². The Hall–Kier alpha value is -7.13. The summed E-state index contributed by atoms with van der Waals surface area (Å²) >= 11 is 0. The lowest BCUT2D eigenvalue weighted by Gasteiger charge is -2.56. The minimum Gasteiger partial charge on any atom is -0.486 e. The van der Waals surface area contributed by atoms with E-state index in [0.717, 1.165) is 45.7 Å². The number of nitrogens with one attached hydrogen (secondary N) is 1. The molecule has 70 heavy (non-hydrogen) atoms. The maximum Gasteiger partial charge on any atom is 0.410 e. The molecule has 6 fully saturated rings. The number of ether oxygens (including phenoxy) is 3. The summed E-state index contributed by atoms with van der Waals surface area (Å²) in [5, 5.41) is 50.6. The number of piperazine rings is 2. The number of anilines is 2. The number of rotatable bonds is 10. The van der Waals surface area contributed by atoms with Crippen LogP contribution in [0.4, 0.5) is 25.2 Å². The second-order valence-corrected chi connectivity index (χ2v) is 20.3. The van der Waals surface area contributed by atoms with Gasteiger partial charge in [0.1, 0.15) is 42.6 Å². The molecule has 6 saturated heterocycles. The van der Waals surface area contributed by atoms with Crippen LogP contribution in [0.3, 0.4) is 0 Å². The van der Waals surface area contributed by atoms with Gasteiger partial charge in [-0.25, -0.2) is 23.8 Å². The van der Waals surface area contributed by atoms with E-state index in [0.29, 0.717) is 52.9 Å². The summed E-state index contributed by atoms with van der Waals surface area (Å²) in [4.78, 5) is 28.1. The number of hydrogen-bond donors (Lipinski definition) is 3. The number of carbonyl (C=O) groups excluding carboxylic acids is 1. The number of nitrogens with zero attached hydrogens (tertiary/aromatic N) is 11. The molecule has 12 rings (SSSR count). The fourth-order valence-electron chi connectivity index (χ4n) is 9.13. The first-order valence-electron chi connectivity index (χ1n) is 22.8. The molecular formula is C50H58F2N12O6. The zero-order valence-corrected chi connectivity index (χ0v) is 39.4. The highest BCUT2D eigenvalue weighted by atomic mass is 19.1. The van der Waals surface area contributed by atoms with Crippen LogP contribution in [0.25, 0.3) is 33.3 Å². The number of fused-ring (bicyclic) bond motifs is 6. The number of pyridine rings is 4. The first kappa shape index (κ1) is 49.3. The topological polar surface area (TPSA) is 215 Å². The van der Waals surface area contributed by atoms with E-state index >= 15 is 4.39 Å². The third kappa shape index (κ3) is 9.98. The van der Waals surface area contributed by atoms with E-state index in [4.69, 9.17) is 14.2 Å². The Balaban J connectivity index is 0.000000189. The molecule has 0 spiro atoms. The lowest BCUT2D eigenvalue weighted by atomic mass is 9.88. The van der Waals surface area contributed by atoms with Crippen molar-refractivity contribution in [2.24, 2.45) is 0 Å².